The molecule has 0 fully saturated rings. The fourth-order valence-electron chi connectivity index (χ4n) is 2.17. The molecule has 1 rings (SSSR count). The van der Waals surface area contributed by atoms with Crippen LogP contribution in [-0.4, -0.2) is 22.5 Å². The zero-order valence-corrected chi connectivity index (χ0v) is 10.5. The van der Waals surface area contributed by atoms with Crippen LogP contribution in [0.3, 0.4) is 0 Å². The Morgan fingerprint density at radius 1 is 1.53 bits per heavy atom. The van der Waals surface area contributed by atoms with Gasteiger partial charge in [-0.2, -0.15) is 0 Å². The number of nitrogens with zero attached hydrogens (tertiary/aromatic N) is 2. The summed E-state index contributed by atoms with van der Waals surface area (Å²) in [5.74, 6) is 0.137. The Labute approximate surface area is 101 Å². The third-order valence-corrected chi connectivity index (χ3v) is 3.00. The Morgan fingerprint density at radius 2 is 2.24 bits per heavy atom. The van der Waals surface area contributed by atoms with Crippen LogP contribution < -0.4 is 5.32 Å². The van der Waals surface area contributed by atoms with E-state index in [1.165, 1.54) is 6.20 Å². The maximum atomic E-state index is 11.0. The summed E-state index contributed by atoms with van der Waals surface area (Å²) in [6.45, 7) is 6.99. The van der Waals surface area contributed by atoms with E-state index < -0.39 is 0 Å². The van der Waals surface area contributed by atoms with E-state index in [2.05, 4.69) is 17.2 Å². The highest BCUT2D eigenvalue weighted by atomic mass is 16.6. The van der Waals surface area contributed by atoms with Crippen molar-refractivity contribution in [2.45, 2.75) is 39.2 Å². The molecule has 0 aromatic carbocycles. The van der Waals surface area contributed by atoms with E-state index in [4.69, 9.17) is 0 Å². The van der Waals surface area contributed by atoms with Gasteiger partial charge in [0.25, 0.3) is 5.69 Å². The summed E-state index contributed by atoms with van der Waals surface area (Å²) in [4.78, 5) is 14.4. The van der Waals surface area contributed by atoms with Gasteiger partial charge in [-0.05, 0) is 26.0 Å². The second-order valence-electron chi connectivity index (χ2n) is 4.05. The van der Waals surface area contributed by atoms with Crippen molar-refractivity contribution < 1.29 is 4.92 Å². The minimum Gasteiger partial charge on any atom is -0.314 e. The Bertz CT molecular complexity index is 382. The number of pyridine rings is 1. The van der Waals surface area contributed by atoms with Crippen LogP contribution >= 0.6 is 0 Å². The summed E-state index contributed by atoms with van der Waals surface area (Å²) in [6, 6.07) is 1.96. The molecule has 1 heterocycles. The van der Waals surface area contributed by atoms with Crippen molar-refractivity contribution in [1.82, 2.24) is 10.3 Å². The molecule has 0 saturated heterocycles. The minimum atomic E-state index is -0.357. The molecule has 5 heteroatoms. The van der Waals surface area contributed by atoms with Crippen molar-refractivity contribution in [2.24, 2.45) is 0 Å². The van der Waals surface area contributed by atoms with Gasteiger partial charge in [0.15, 0.2) is 0 Å². The average Bonchev–Trinajstić information content (AvgIpc) is 2.31. The van der Waals surface area contributed by atoms with Crippen LogP contribution in [0.2, 0.25) is 0 Å². The van der Waals surface area contributed by atoms with E-state index in [1.54, 1.807) is 12.3 Å². The molecule has 0 bridgehead atoms. The van der Waals surface area contributed by atoms with Crippen LogP contribution in [0.5, 0.6) is 0 Å². The lowest BCUT2D eigenvalue weighted by Gasteiger charge is -2.23. The lowest BCUT2D eigenvalue weighted by Crippen LogP contribution is -2.32. The van der Waals surface area contributed by atoms with Crippen LogP contribution in [0.25, 0.3) is 0 Å². The van der Waals surface area contributed by atoms with Crippen LogP contribution in [0.1, 0.15) is 38.7 Å². The molecule has 0 spiro atoms. The van der Waals surface area contributed by atoms with Crippen molar-refractivity contribution in [1.29, 1.82) is 0 Å². The first-order valence-electron chi connectivity index (χ1n) is 5.93. The van der Waals surface area contributed by atoms with Gasteiger partial charge in [0.1, 0.15) is 6.20 Å². The molecule has 0 amide bonds. The number of likely N-dealkylation sites (N-methyl/N-ethyl adjacent to an activating group) is 1. The van der Waals surface area contributed by atoms with Gasteiger partial charge >= 0.3 is 0 Å². The van der Waals surface area contributed by atoms with Crippen molar-refractivity contribution in [2.75, 3.05) is 6.54 Å². The van der Waals surface area contributed by atoms with Crippen molar-refractivity contribution in [3.8, 4) is 0 Å². The van der Waals surface area contributed by atoms with E-state index in [0.717, 1.165) is 18.5 Å². The summed E-state index contributed by atoms with van der Waals surface area (Å²) < 4.78 is 0. The van der Waals surface area contributed by atoms with Crippen molar-refractivity contribution >= 4 is 5.69 Å². The molecule has 0 radical (unpaired) electrons. The molecule has 17 heavy (non-hydrogen) atoms. The number of nitrogens with one attached hydrogen (secondary N) is 1. The first kappa shape index (κ1) is 13.6. The molecule has 1 N–H and O–H groups in total. The van der Waals surface area contributed by atoms with Crippen LogP contribution in [0.15, 0.2) is 18.5 Å². The largest absolute Gasteiger partial charge is 0.314 e. The fourth-order valence-corrected chi connectivity index (χ4v) is 2.17. The summed E-state index contributed by atoms with van der Waals surface area (Å²) in [7, 11) is 0. The molecular formula is C12H19N3O2. The zero-order valence-electron chi connectivity index (χ0n) is 10.5. The molecule has 5 nitrogen and oxygen atoms in total. The minimum absolute atomic E-state index is 0.115. The van der Waals surface area contributed by atoms with E-state index in [-0.39, 0.29) is 22.6 Å². The molecule has 2 unspecified atom stereocenters. The van der Waals surface area contributed by atoms with Crippen molar-refractivity contribution in [3.05, 3.63) is 34.1 Å². The number of hydrogen-bond acceptors (Lipinski definition) is 4. The smallest absolute Gasteiger partial charge is 0.291 e. The number of aromatic nitrogens is 1. The van der Waals surface area contributed by atoms with E-state index in [9.17, 15) is 10.1 Å². The Hall–Kier alpha value is -1.49. The van der Waals surface area contributed by atoms with E-state index in [0.29, 0.717) is 0 Å². The second kappa shape index (κ2) is 6.30. The third kappa shape index (κ3) is 3.23. The Kier molecular flexibility index (Phi) is 5.03. The van der Waals surface area contributed by atoms with Gasteiger partial charge in [0.05, 0.1) is 4.92 Å². The maximum Gasteiger partial charge on any atom is 0.291 e. The molecule has 2 atom stereocenters. The van der Waals surface area contributed by atoms with Gasteiger partial charge in [-0.1, -0.05) is 13.8 Å². The van der Waals surface area contributed by atoms with Gasteiger partial charge in [-0.25, -0.2) is 0 Å². The normalized spacial score (nSPS) is 14.3. The van der Waals surface area contributed by atoms with Gasteiger partial charge in [0, 0.05) is 23.7 Å². The standard InChI is InChI=1S/C12H19N3O2/c1-4-10(9(3)14-5-2)11-6-7-13-8-12(11)15(16)17/h6-10,14H,4-5H2,1-3H3. The highest BCUT2D eigenvalue weighted by Crippen LogP contribution is 2.30. The van der Waals surface area contributed by atoms with Crippen LogP contribution in [0, 0.1) is 10.1 Å². The molecule has 1 aromatic heterocycles. The fraction of sp³-hybridized carbons (Fsp3) is 0.583. The molecule has 0 aliphatic carbocycles. The predicted molar refractivity (Wildman–Crippen MR) is 67.1 cm³/mol. The van der Waals surface area contributed by atoms with Gasteiger partial charge in [0.2, 0.25) is 0 Å². The molecule has 0 aliphatic heterocycles. The number of rotatable bonds is 6. The quantitative estimate of drug-likeness (QED) is 0.609. The highest BCUT2D eigenvalue weighted by Gasteiger charge is 2.24. The summed E-state index contributed by atoms with van der Waals surface area (Å²) in [5, 5.41) is 14.3. The summed E-state index contributed by atoms with van der Waals surface area (Å²) in [6.07, 6.45) is 3.80. The zero-order chi connectivity index (χ0) is 12.8. The molecule has 0 saturated carbocycles. The number of nitro groups is 1. The third-order valence-electron chi connectivity index (χ3n) is 3.00. The SMILES string of the molecule is CCNC(C)C(CC)c1ccncc1[N+](=O)[O-]. The molecular weight excluding hydrogens is 218 g/mol. The van der Waals surface area contributed by atoms with Crippen LogP contribution in [0.4, 0.5) is 5.69 Å². The molecule has 0 aliphatic rings. The lowest BCUT2D eigenvalue weighted by atomic mass is 9.89. The monoisotopic (exact) mass is 237 g/mol. The topological polar surface area (TPSA) is 68.1 Å². The van der Waals surface area contributed by atoms with Crippen molar-refractivity contribution in [3.63, 3.8) is 0 Å². The van der Waals surface area contributed by atoms with Gasteiger partial charge in [-0.3, -0.25) is 15.1 Å². The van der Waals surface area contributed by atoms with E-state index in [1.807, 2.05) is 13.8 Å². The van der Waals surface area contributed by atoms with E-state index >= 15 is 0 Å². The lowest BCUT2D eigenvalue weighted by molar-refractivity contribution is -0.386. The predicted octanol–water partition coefficient (Wildman–Crippen LogP) is 2.48. The van der Waals surface area contributed by atoms with Gasteiger partial charge in [-0.15, -0.1) is 0 Å². The average molecular weight is 237 g/mol. The van der Waals surface area contributed by atoms with Crippen LogP contribution in [-0.2, 0) is 0 Å². The second-order valence-corrected chi connectivity index (χ2v) is 4.05. The van der Waals surface area contributed by atoms with Gasteiger partial charge < -0.3 is 5.32 Å². The summed E-state index contributed by atoms with van der Waals surface area (Å²) in [5.41, 5.74) is 0.880. The highest BCUT2D eigenvalue weighted by molar-refractivity contribution is 5.40. The number of hydrogen-bond donors (Lipinski definition) is 1. The Balaban J connectivity index is 3.06. The summed E-state index contributed by atoms with van der Waals surface area (Å²) >= 11 is 0. The molecule has 94 valence electrons. The molecule has 1 aromatic rings. The first-order chi connectivity index (χ1) is 8.11. The maximum absolute atomic E-state index is 11.0. The first-order valence-corrected chi connectivity index (χ1v) is 5.93. The Morgan fingerprint density at radius 3 is 2.76 bits per heavy atom.